The molecule has 0 bridgehead atoms. The molecule has 0 atom stereocenters. The van der Waals surface area contributed by atoms with Gasteiger partial charge in [-0.25, -0.2) is 0 Å². The van der Waals surface area contributed by atoms with Crippen LogP contribution < -0.4 is 0 Å². The fourth-order valence-corrected chi connectivity index (χ4v) is 1.11. The van der Waals surface area contributed by atoms with Gasteiger partial charge in [-0.15, -0.1) is 0 Å². The molecule has 0 N–H and O–H groups in total. The zero-order valence-corrected chi connectivity index (χ0v) is 9.51. The van der Waals surface area contributed by atoms with Crippen LogP contribution >= 0.6 is 0 Å². The van der Waals surface area contributed by atoms with Gasteiger partial charge in [0.15, 0.2) is 0 Å². The third-order valence-electron chi connectivity index (χ3n) is 1.88. The Morgan fingerprint density at radius 3 is 2.82 bits per heavy atom. The topological polar surface area (TPSA) is 65.5 Å². The van der Waals surface area contributed by atoms with Gasteiger partial charge in [0.05, 0.1) is 6.42 Å². The molecule has 1 aromatic heterocycles. The predicted molar refractivity (Wildman–Crippen MR) is 60.8 cm³/mol. The fraction of sp³-hybridized carbons (Fsp3) is 0.250. The van der Waals surface area contributed by atoms with Crippen molar-refractivity contribution >= 4 is 18.0 Å². The lowest BCUT2D eigenvalue weighted by Gasteiger charge is -2.04. The molecule has 1 heterocycles. The van der Waals surface area contributed by atoms with Crippen molar-refractivity contribution in [3.8, 4) is 0 Å². The normalized spacial score (nSPS) is 9.47. The molecular formula is C12H13NO4. The van der Waals surface area contributed by atoms with Crippen molar-refractivity contribution in [1.29, 1.82) is 0 Å². The second kappa shape index (κ2) is 6.42. The molecule has 0 aliphatic heterocycles. The summed E-state index contributed by atoms with van der Waals surface area (Å²) in [6, 6.07) is 1.78. The Morgan fingerprint density at radius 1 is 1.41 bits per heavy atom. The third-order valence-corrected chi connectivity index (χ3v) is 1.88. The molecule has 0 aromatic carbocycles. The van der Waals surface area contributed by atoms with Crippen molar-refractivity contribution in [3.63, 3.8) is 0 Å². The number of rotatable bonds is 5. The number of aromatic nitrogens is 1. The molecule has 0 aliphatic rings. The molecule has 1 rings (SSSR count). The quantitative estimate of drug-likeness (QED) is 0.569. The maximum absolute atomic E-state index is 11.3. The highest BCUT2D eigenvalue weighted by Gasteiger charge is 2.06. The first-order chi connectivity index (χ1) is 8.11. The van der Waals surface area contributed by atoms with E-state index < -0.39 is 11.9 Å². The van der Waals surface area contributed by atoms with Gasteiger partial charge < -0.3 is 9.47 Å². The molecule has 0 radical (unpaired) electrons. The van der Waals surface area contributed by atoms with Crippen molar-refractivity contribution in [1.82, 2.24) is 4.98 Å². The van der Waals surface area contributed by atoms with Crippen LogP contribution in [-0.2, 0) is 25.5 Å². The van der Waals surface area contributed by atoms with Gasteiger partial charge >= 0.3 is 11.9 Å². The number of nitrogens with zero attached hydrogens (tertiary/aromatic N) is 1. The van der Waals surface area contributed by atoms with Crippen LogP contribution in [0.4, 0.5) is 0 Å². The minimum absolute atomic E-state index is 0.0793. The van der Waals surface area contributed by atoms with E-state index in [1.807, 2.05) is 0 Å². The Balaban J connectivity index is 2.44. The van der Waals surface area contributed by atoms with Crippen molar-refractivity contribution in [2.75, 3.05) is 6.79 Å². The van der Waals surface area contributed by atoms with Gasteiger partial charge in [-0.2, -0.15) is 0 Å². The lowest BCUT2D eigenvalue weighted by molar-refractivity contribution is -0.165. The maximum Gasteiger partial charge on any atom is 0.313 e. The summed E-state index contributed by atoms with van der Waals surface area (Å²) >= 11 is 0. The average Bonchev–Trinajstić information content (AvgIpc) is 2.28. The Kier molecular flexibility index (Phi) is 4.87. The van der Waals surface area contributed by atoms with E-state index in [1.165, 1.54) is 6.92 Å². The number of hydrogen-bond donors (Lipinski definition) is 0. The number of esters is 2. The van der Waals surface area contributed by atoms with Crippen LogP contribution in [0, 0.1) is 0 Å². The molecule has 0 unspecified atom stereocenters. The molecule has 90 valence electrons. The van der Waals surface area contributed by atoms with Gasteiger partial charge in [-0.1, -0.05) is 12.7 Å². The summed E-state index contributed by atoms with van der Waals surface area (Å²) in [6.45, 7) is 4.49. The van der Waals surface area contributed by atoms with Crippen LogP contribution in [0.5, 0.6) is 0 Å². The molecule has 0 aliphatic carbocycles. The van der Waals surface area contributed by atoms with Gasteiger partial charge in [0, 0.05) is 19.3 Å². The highest BCUT2D eigenvalue weighted by atomic mass is 16.7. The van der Waals surface area contributed by atoms with Crippen LogP contribution in [0.15, 0.2) is 25.0 Å². The van der Waals surface area contributed by atoms with E-state index >= 15 is 0 Å². The number of pyridine rings is 1. The van der Waals surface area contributed by atoms with Crippen molar-refractivity contribution in [3.05, 3.63) is 36.2 Å². The van der Waals surface area contributed by atoms with Gasteiger partial charge in [-0.05, 0) is 17.2 Å². The first-order valence-corrected chi connectivity index (χ1v) is 4.97. The Bertz CT molecular complexity index is 428. The van der Waals surface area contributed by atoms with E-state index in [4.69, 9.17) is 4.74 Å². The van der Waals surface area contributed by atoms with Gasteiger partial charge in [0.2, 0.25) is 6.79 Å². The summed E-state index contributed by atoms with van der Waals surface area (Å²) in [7, 11) is 0. The summed E-state index contributed by atoms with van der Waals surface area (Å²) in [5.74, 6) is -0.970. The second-order valence-electron chi connectivity index (χ2n) is 3.28. The van der Waals surface area contributed by atoms with Crippen LogP contribution in [0.2, 0.25) is 0 Å². The summed E-state index contributed by atoms with van der Waals surface area (Å²) in [4.78, 5) is 25.7. The maximum atomic E-state index is 11.3. The lowest BCUT2D eigenvalue weighted by Crippen LogP contribution is -2.12. The standard InChI is InChI=1S/C12H13NO4/c1-3-10-4-11(7-13-6-10)5-12(15)17-8-16-9(2)14/h3-4,6-7H,1,5,8H2,2H3. The molecule has 1 aromatic rings. The summed E-state index contributed by atoms with van der Waals surface area (Å²) in [5, 5.41) is 0. The number of ether oxygens (including phenoxy) is 2. The van der Waals surface area contributed by atoms with Crippen LogP contribution in [0.25, 0.3) is 6.08 Å². The smallest absolute Gasteiger partial charge is 0.313 e. The fourth-order valence-electron chi connectivity index (χ4n) is 1.11. The number of carbonyl (C=O) groups is 2. The molecule has 0 spiro atoms. The number of hydrogen-bond acceptors (Lipinski definition) is 5. The zero-order chi connectivity index (χ0) is 12.7. The van der Waals surface area contributed by atoms with Gasteiger partial charge in [0.1, 0.15) is 0 Å². The minimum atomic E-state index is -0.492. The highest BCUT2D eigenvalue weighted by Crippen LogP contribution is 2.05. The molecule has 0 fully saturated rings. The minimum Gasteiger partial charge on any atom is -0.428 e. The van der Waals surface area contributed by atoms with Crippen molar-refractivity contribution in [2.45, 2.75) is 13.3 Å². The summed E-state index contributed by atoms with van der Waals surface area (Å²) in [6.07, 6.45) is 4.93. The molecule has 0 amide bonds. The third kappa shape index (κ3) is 4.92. The molecule has 0 saturated heterocycles. The summed E-state index contributed by atoms with van der Waals surface area (Å²) in [5.41, 5.74) is 1.55. The molecular weight excluding hydrogens is 222 g/mol. The first kappa shape index (κ1) is 12.9. The molecule has 17 heavy (non-hydrogen) atoms. The van der Waals surface area contributed by atoms with Crippen molar-refractivity contribution < 1.29 is 19.1 Å². The SMILES string of the molecule is C=Cc1cncc(CC(=O)OCOC(C)=O)c1. The van der Waals surface area contributed by atoms with E-state index in [1.54, 1.807) is 24.5 Å². The number of carbonyl (C=O) groups excluding carboxylic acids is 2. The van der Waals surface area contributed by atoms with Crippen LogP contribution in [0.1, 0.15) is 18.1 Å². The monoisotopic (exact) mass is 235 g/mol. The van der Waals surface area contributed by atoms with E-state index in [2.05, 4.69) is 16.3 Å². The summed E-state index contributed by atoms with van der Waals surface area (Å²) < 4.78 is 9.18. The molecule has 5 nitrogen and oxygen atoms in total. The largest absolute Gasteiger partial charge is 0.428 e. The first-order valence-electron chi connectivity index (χ1n) is 4.97. The lowest BCUT2D eigenvalue weighted by atomic mass is 10.1. The Morgan fingerprint density at radius 2 is 2.18 bits per heavy atom. The van der Waals surface area contributed by atoms with E-state index in [-0.39, 0.29) is 13.2 Å². The van der Waals surface area contributed by atoms with E-state index in [0.29, 0.717) is 0 Å². The Labute approximate surface area is 99.1 Å². The predicted octanol–water partition coefficient (Wildman–Crippen LogP) is 1.33. The van der Waals surface area contributed by atoms with Crippen LogP contribution in [0.3, 0.4) is 0 Å². The van der Waals surface area contributed by atoms with Gasteiger partial charge in [0.25, 0.3) is 0 Å². The zero-order valence-electron chi connectivity index (χ0n) is 9.51. The van der Waals surface area contributed by atoms with Crippen molar-refractivity contribution in [2.24, 2.45) is 0 Å². The van der Waals surface area contributed by atoms with Crippen LogP contribution in [-0.4, -0.2) is 23.7 Å². The highest BCUT2D eigenvalue weighted by molar-refractivity contribution is 5.73. The van der Waals surface area contributed by atoms with E-state index in [9.17, 15) is 9.59 Å². The molecule has 0 saturated carbocycles. The Hall–Kier alpha value is -2.17. The van der Waals surface area contributed by atoms with Gasteiger partial charge in [-0.3, -0.25) is 14.6 Å². The second-order valence-corrected chi connectivity index (χ2v) is 3.28. The molecule has 5 heteroatoms. The van der Waals surface area contributed by atoms with E-state index in [0.717, 1.165) is 11.1 Å². The average molecular weight is 235 g/mol.